The summed E-state index contributed by atoms with van der Waals surface area (Å²) in [6.45, 7) is 1.69. The van der Waals surface area contributed by atoms with Gasteiger partial charge in [-0.3, -0.25) is 14.9 Å². The van der Waals surface area contributed by atoms with Crippen LogP contribution in [0.25, 0.3) is 0 Å². The molecule has 0 spiro atoms. The van der Waals surface area contributed by atoms with E-state index in [2.05, 4.69) is 26.5 Å². The first-order chi connectivity index (χ1) is 11.5. The molecule has 1 N–H and O–H groups in total. The summed E-state index contributed by atoms with van der Waals surface area (Å²) in [5.41, 5.74) is 3.67. The minimum absolute atomic E-state index is 0.0423. The predicted molar refractivity (Wildman–Crippen MR) is 93.2 cm³/mol. The summed E-state index contributed by atoms with van der Waals surface area (Å²) in [4.78, 5) is 21.9. The molecule has 0 fully saturated rings. The van der Waals surface area contributed by atoms with Crippen LogP contribution in [-0.2, 0) is 4.79 Å². The van der Waals surface area contributed by atoms with Gasteiger partial charge >= 0.3 is 0 Å². The second-order valence-electron chi connectivity index (χ2n) is 4.84. The average Bonchev–Trinajstić information content (AvgIpc) is 2.54. The summed E-state index contributed by atoms with van der Waals surface area (Å²) in [5, 5.41) is 14.4. The van der Waals surface area contributed by atoms with E-state index in [1.807, 2.05) is 19.1 Å². The van der Waals surface area contributed by atoms with Gasteiger partial charge in [0.25, 0.3) is 11.6 Å². The Labute approximate surface area is 146 Å². The standard InChI is InChI=1S/C16H14BrN3O4/c1-11-7-13(17)5-6-15(11)24-10-16(21)19-18-9-12-3-2-4-14(8-12)20(22)23/h2-9H,10H2,1H3,(H,19,21). The summed E-state index contributed by atoms with van der Waals surface area (Å²) < 4.78 is 6.34. The molecule has 124 valence electrons. The average molecular weight is 392 g/mol. The lowest BCUT2D eigenvalue weighted by Crippen LogP contribution is -2.24. The molecule has 24 heavy (non-hydrogen) atoms. The highest BCUT2D eigenvalue weighted by molar-refractivity contribution is 9.10. The van der Waals surface area contributed by atoms with Gasteiger partial charge in [0.15, 0.2) is 6.61 Å². The Bertz CT molecular complexity index is 793. The number of non-ortho nitro benzene ring substituents is 1. The number of ether oxygens (including phenoxy) is 1. The number of carbonyl (C=O) groups excluding carboxylic acids is 1. The molecule has 2 rings (SSSR count). The fraction of sp³-hybridized carbons (Fsp3) is 0.125. The van der Waals surface area contributed by atoms with Gasteiger partial charge in [-0.1, -0.05) is 28.1 Å². The van der Waals surface area contributed by atoms with Crippen LogP contribution < -0.4 is 10.2 Å². The molecular formula is C16H14BrN3O4. The number of benzene rings is 2. The first-order valence-electron chi connectivity index (χ1n) is 6.91. The molecule has 0 saturated heterocycles. The quantitative estimate of drug-likeness (QED) is 0.464. The molecule has 0 saturated carbocycles. The van der Waals surface area contributed by atoms with E-state index in [0.29, 0.717) is 11.3 Å². The van der Waals surface area contributed by atoms with Crippen molar-refractivity contribution in [2.24, 2.45) is 5.10 Å². The summed E-state index contributed by atoms with van der Waals surface area (Å²) in [6, 6.07) is 11.4. The van der Waals surface area contributed by atoms with Crippen LogP contribution in [0.1, 0.15) is 11.1 Å². The maximum absolute atomic E-state index is 11.7. The van der Waals surface area contributed by atoms with Crippen molar-refractivity contribution < 1.29 is 14.5 Å². The number of amides is 1. The minimum Gasteiger partial charge on any atom is -0.483 e. The third-order valence-electron chi connectivity index (χ3n) is 2.98. The molecule has 0 aliphatic carbocycles. The number of nitro benzene ring substituents is 1. The summed E-state index contributed by atoms with van der Waals surface area (Å²) in [6.07, 6.45) is 1.33. The Kier molecular flexibility index (Phi) is 6.02. The molecule has 0 aliphatic rings. The van der Waals surface area contributed by atoms with Crippen LogP contribution in [0.15, 0.2) is 52.0 Å². The highest BCUT2D eigenvalue weighted by atomic mass is 79.9. The molecule has 0 unspecified atom stereocenters. The fourth-order valence-corrected chi connectivity index (χ4v) is 2.32. The van der Waals surface area contributed by atoms with Gasteiger partial charge in [-0.05, 0) is 30.7 Å². The number of nitrogens with one attached hydrogen (secondary N) is 1. The zero-order valence-corrected chi connectivity index (χ0v) is 14.3. The molecule has 0 aromatic heterocycles. The van der Waals surface area contributed by atoms with Crippen LogP contribution in [0, 0.1) is 17.0 Å². The van der Waals surface area contributed by atoms with Gasteiger partial charge in [0, 0.05) is 22.2 Å². The molecule has 8 heteroatoms. The Balaban J connectivity index is 1.86. The van der Waals surface area contributed by atoms with E-state index in [9.17, 15) is 14.9 Å². The molecule has 0 aliphatic heterocycles. The third-order valence-corrected chi connectivity index (χ3v) is 3.47. The van der Waals surface area contributed by atoms with E-state index in [4.69, 9.17) is 4.74 Å². The van der Waals surface area contributed by atoms with Crippen molar-refractivity contribution in [2.45, 2.75) is 6.92 Å². The lowest BCUT2D eigenvalue weighted by atomic mass is 10.2. The Morgan fingerprint density at radius 3 is 2.88 bits per heavy atom. The van der Waals surface area contributed by atoms with E-state index < -0.39 is 10.8 Å². The van der Waals surface area contributed by atoms with Crippen LogP contribution in [0.3, 0.4) is 0 Å². The Morgan fingerprint density at radius 1 is 1.38 bits per heavy atom. The van der Waals surface area contributed by atoms with Crippen molar-refractivity contribution in [3.63, 3.8) is 0 Å². The van der Waals surface area contributed by atoms with Crippen molar-refractivity contribution in [2.75, 3.05) is 6.61 Å². The number of rotatable bonds is 6. The maximum Gasteiger partial charge on any atom is 0.277 e. The first kappa shape index (κ1) is 17.6. The van der Waals surface area contributed by atoms with Crippen LogP contribution in [0.4, 0.5) is 5.69 Å². The first-order valence-corrected chi connectivity index (χ1v) is 7.70. The van der Waals surface area contributed by atoms with Crippen LogP contribution in [0.2, 0.25) is 0 Å². The van der Waals surface area contributed by atoms with E-state index in [-0.39, 0.29) is 12.3 Å². The van der Waals surface area contributed by atoms with Crippen LogP contribution in [-0.4, -0.2) is 23.7 Å². The van der Waals surface area contributed by atoms with E-state index >= 15 is 0 Å². The summed E-state index contributed by atoms with van der Waals surface area (Å²) >= 11 is 3.35. The van der Waals surface area contributed by atoms with Crippen molar-refractivity contribution in [3.8, 4) is 5.75 Å². The number of nitro groups is 1. The van der Waals surface area contributed by atoms with E-state index in [1.165, 1.54) is 18.3 Å². The zero-order chi connectivity index (χ0) is 17.5. The molecule has 0 heterocycles. The number of halogens is 1. The molecule has 0 bridgehead atoms. The van der Waals surface area contributed by atoms with Crippen molar-refractivity contribution in [1.29, 1.82) is 0 Å². The van der Waals surface area contributed by atoms with Crippen molar-refractivity contribution in [1.82, 2.24) is 5.43 Å². The number of hydrazone groups is 1. The number of nitrogens with zero attached hydrogens (tertiary/aromatic N) is 2. The van der Waals surface area contributed by atoms with Gasteiger partial charge in [0.2, 0.25) is 0 Å². The smallest absolute Gasteiger partial charge is 0.277 e. The molecular weight excluding hydrogens is 378 g/mol. The SMILES string of the molecule is Cc1cc(Br)ccc1OCC(=O)NN=Cc1cccc([N+](=O)[O-])c1. The maximum atomic E-state index is 11.7. The lowest BCUT2D eigenvalue weighted by Gasteiger charge is -2.08. The fourth-order valence-electron chi connectivity index (χ4n) is 1.85. The van der Waals surface area contributed by atoms with Crippen LogP contribution >= 0.6 is 15.9 Å². The molecule has 0 radical (unpaired) electrons. The van der Waals surface area contributed by atoms with Gasteiger partial charge < -0.3 is 4.74 Å². The number of hydrogen-bond donors (Lipinski definition) is 1. The highest BCUT2D eigenvalue weighted by Crippen LogP contribution is 2.21. The molecule has 2 aromatic rings. The molecule has 0 atom stereocenters. The summed E-state index contributed by atoms with van der Waals surface area (Å²) in [5.74, 6) is 0.176. The minimum atomic E-state index is -0.496. The Morgan fingerprint density at radius 2 is 2.17 bits per heavy atom. The monoisotopic (exact) mass is 391 g/mol. The van der Waals surface area contributed by atoms with Gasteiger partial charge in [0.1, 0.15) is 5.75 Å². The van der Waals surface area contributed by atoms with Gasteiger partial charge in [0.05, 0.1) is 11.1 Å². The van der Waals surface area contributed by atoms with E-state index in [1.54, 1.807) is 18.2 Å². The number of aryl methyl sites for hydroxylation is 1. The summed E-state index contributed by atoms with van der Waals surface area (Å²) in [7, 11) is 0. The normalized spacial score (nSPS) is 10.6. The Hall–Kier alpha value is -2.74. The highest BCUT2D eigenvalue weighted by Gasteiger charge is 2.06. The predicted octanol–water partition coefficient (Wildman–Crippen LogP) is 3.19. The lowest BCUT2D eigenvalue weighted by molar-refractivity contribution is -0.384. The zero-order valence-electron chi connectivity index (χ0n) is 12.7. The van der Waals surface area contributed by atoms with Gasteiger partial charge in [-0.25, -0.2) is 5.43 Å². The van der Waals surface area contributed by atoms with Gasteiger partial charge in [-0.15, -0.1) is 0 Å². The van der Waals surface area contributed by atoms with Crippen molar-refractivity contribution >= 4 is 33.7 Å². The number of carbonyl (C=O) groups is 1. The molecule has 2 aromatic carbocycles. The third kappa shape index (κ3) is 5.17. The van der Waals surface area contributed by atoms with Gasteiger partial charge in [-0.2, -0.15) is 5.10 Å². The van der Waals surface area contributed by atoms with Crippen LogP contribution in [0.5, 0.6) is 5.75 Å². The van der Waals surface area contributed by atoms with E-state index in [0.717, 1.165) is 10.0 Å². The largest absolute Gasteiger partial charge is 0.483 e. The second-order valence-corrected chi connectivity index (χ2v) is 5.76. The second kappa shape index (κ2) is 8.21. The topological polar surface area (TPSA) is 93.8 Å². The number of hydrogen-bond acceptors (Lipinski definition) is 5. The van der Waals surface area contributed by atoms with Crippen molar-refractivity contribution in [3.05, 3.63) is 68.2 Å². The molecule has 7 nitrogen and oxygen atoms in total. The molecule has 1 amide bonds.